The number of benzene rings is 2. The Kier molecular flexibility index (Phi) is 4.55. The van der Waals surface area contributed by atoms with Gasteiger partial charge in [-0.15, -0.1) is 0 Å². The Morgan fingerprint density at radius 2 is 2.00 bits per heavy atom. The minimum atomic E-state index is 0.184. The molecule has 0 amide bonds. The Morgan fingerprint density at radius 3 is 2.65 bits per heavy atom. The molecule has 4 heteroatoms. The SMILES string of the molecule is COc1cccc(CNc2c(C)cc(C)cc2Br)c1O. The van der Waals surface area contributed by atoms with Crippen LogP contribution in [-0.4, -0.2) is 12.2 Å². The summed E-state index contributed by atoms with van der Waals surface area (Å²) in [7, 11) is 1.55. The lowest BCUT2D eigenvalue weighted by atomic mass is 10.1. The highest BCUT2D eigenvalue weighted by Crippen LogP contribution is 2.32. The molecule has 0 bridgehead atoms. The van der Waals surface area contributed by atoms with Crippen molar-refractivity contribution in [2.24, 2.45) is 0 Å². The number of rotatable bonds is 4. The predicted octanol–water partition coefficient (Wildman–Crippen LogP) is 4.39. The van der Waals surface area contributed by atoms with Gasteiger partial charge in [0.1, 0.15) is 0 Å². The Hall–Kier alpha value is -1.68. The summed E-state index contributed by atoms with van der Waals surface area (Å²) in [5.74, 6) is 0.674. The molecule has 0 aromatic heterocycles. The zero-order valence-corrected chi connectivity index (χ0v) is 13.4. The highest BCUT2D eigenvalue weighted by molar-refractivity contribution is 9.10. The minimum Gasteiger partial charge on any atom is -0.504 e. The average Bonchev–Trinajstić information content (AvgIpc) is 2.39. The number of halogens is 1. The van der Waals surface area contributed by atoms with Crippen LogP contribution in [0.1, 0.15) is 16.7 Å². The van der Waals surface area contributed by atoms with Gasteiger partial charge in [0.05, 0.1) is 12.8 Å². The molecule has 0 atom stereocenters. The van der Waals surface area contributed by atoms with E-state index in [0.717, 1.165) is 15.7 Å². The molecule has 106 valence electrons. The summed E-state index contributed by atoms with van der Waals surface area (Å²) in [6.45, 7) is 4.66. The van der Waals surface area contributed by atoms with Gasteiger partial charge < -0.3 is 15.2 Å². The van der Waals surface area contributed by atoms with Crippen molar-refractivity contribution < 1.29 is 9.84 Å². The number of phenolic OH excluding ortho intramolecular Hbond substituents is 1. The molecular formula is C16H18BrNO2. The summed E-state index contributed by atoms with van der Waals surface area (Å²) in [6, 6.07) is 9.68. The zero-order chi connectivity index (χ0) is 14.7. The van der Waals surface area contributed by atoms with Crippen LogP contribution < -0.4 is 10.1 Å². The van der Waals surface area contributed by atoms with Gasteiger partial charge in [0, 0.05) is 16.6 Å². The molecule has 20 heavy (non-hydrogen) atoms. The first kappa shape index (κ1) is 14.7. The van der Waals surface area contributed by atoms with E-state index in [-0.39, 0.29) is 5.75 Å². The van der Waals surface area contributed by atoms with Crippen molar-refractivity contribution in [3.05, 3.63) is 51.5 Å². The van der Waals surface area contributed by atoms with Crippen LogP contribution in [0.4, 0.5) is 5.69 Å². The Bertz CT molecular complexity index is 603. The number of nitrogens with one attached hydrogen (secondary N) is 1. The van der Waals surface area contributed by atoms with Gasteiger partial charge in [-0.05, 0) is 53.0 Å². The maximum absolute atomic E-state index is 10.1. The molecule has 0 saturated carbocycles. The molecule has 0 aliphatic rings. The van der Waals surface area contributed by atoms with Crippen LogP contribution in [0.3, 0.4) is 0 Å². The standard InChI is InChI=1S/C16H18BrNO2/c1-10-7-11(2)15(13(17)8-10)18-9-12-5-4-6-14(20-3)16(12)19/h4-8,18-19H,9H2,1-3H3. The van der Waals surface area contributed by atoms with E-state index >= 15 is 0 Å². The number of aryl methyl sites for hydroxylation is 2. The number of ether oxygens (including phenoxy) is 1. The van der Waals surface area contributed by atoms with Crippen molar-refractivity contribution >= 4 is 21.6 Å². The maximum Gasteiger partial charge on any atom is 0.162 e. The van der Waals surface area contributed by atoms with Crippen LogP contribution in [0.25, 0.3) is 0 Å². The van der Waals surface area contributed by atoms with E-state index in [2.05, 4.69) is 47.2 Å². The van der Waals surface area contributed by atoms with Crippen molar-refractivity contribution in [1.29, 1.82) is 0 Å². The molecule has 0 unspecified atom stereocenters. The molecule has 0 fully saturated rings. The van der Waals surface area contributed by atoms with Gasteiger partial charge in [-0.1, -0.05) is 18.2 Å². The number of hydrogen-bond donors (Lipinski definition) is 2. The van der Waals surface area contributed by atoms with Crippen LogP contribution in [-0.2, 0) is 6.54 Å². The summed E-state index contributed by atoms with van der Waals surface area (Å²) in [5.41, 5.74) is 4.22. The van der Waals surface area contributed by atoms with E-state index < -0.39 is 0 Å². The molecule has 0 heterocycles. The molecule has 3 nitrogen and oxygen atoms in total. The predicted molar refractivity (Wildman–Crippen MR) is 85.6 cm³/mol. The number of para-hydroxylation sites is 1. The van der Waals surface area contributed by atoms with Crippen LogP contribution in [0.15, 0.2) is 34.8 Å². The maximum atomic E-state index is 10.1. The highest BCUT2D eigenvalue weighted by atomic mass is 79.9. The van der Waals surface area contributed by atoms with E-state index in [9.17, 15) is 5.11 Å². The fourth-order valence-corrected chi connectivity index (χ4v) is 3.01. The highest BCUT2D eigenvalue weighted by Gasteiger charge is 2.09. The normalized spacial score (nSPS) is 10.4. The van der Waals surface area contributed by atoms with E-state index in [1.54, 1.807) is 13.2 Å². The summed E-state index contributed by atoms with van der Waals surface area (Å²) < 4.78 is 6.14. The third-order valence-corrected chi connectivity index (χ3v) is 3.82. The first-order valence-corrected chi connectivity index (χ1v) is 7.17. The van der Waals surface area contributed by atoms with E-state index in [0.29, 0.717) is 12.3 Å². The van der Waals surface area contributed by atoms with Gasteiger partial charge in [-0.25, -0.2) is 0 Å². The number of aromatic hydroxyl groups is 1. The number of hydrogen-bond acceptors (Lipinski definition) is 3. The summed E-state index contributed by atoms with van der Waals surface area (Å²) in [4.78, 5) is 0. The molecule has 2 rings (SSSR count). The van der Waals surface area contributed by atoms with Crippen molar-refractivity contribution in [2.45, 2.75) is 20.4 Å². The van der Waals surface area contributed by atoms with Crippen LogP contribution in [0, 0.1) is 13.8 Å². The number of phenols is 1. The number of anilines is 1. The fourth-order valence-electron chi connectivity index (χ4n) is 2.20. The molecule has 0 saturated heterocycles. The zero-order valence-electron chi connectivity index (χ0n) is 11.8. The summed E-state index contributed by atoms with van der Waals surface area (Å²) in [5, 5.41) is 13.4. The Labute approximate surface area is 127 Å². The van der Waals surface area contributed by atoms with E-state index in [4.69, 9.17) is 4.74 Å². The lowest BCUT2D eigenvalue weighted by Gasteiger charge is -2.14. The minimum absolute atomic E-state index is 0.184. The Balaban J connectivity index is 2.21. The van der Waals surface area contributed by atoms with Gasteiger partial charge in [-0.2, -0.15) is 0 Å². The molecule has 2 N–H and O–H groups in total. The van der Waals surface area contributed by atoms with Gasteiger partial charge in [0.25, 0.3) is 0 Å². The van der Waals surface area contributed by atoms with Gasteiger partial charge in [0.15, 0.2) is 11.5 Å². The van der Waals surface area contributed by atoms with Crippen LogP contribution in [0.2, 0.25) is 0 Å². The topological polar surface area (TPSA) is 41.5 Å². The smallest absolute Gasteiger partial charge is 0.162 e. The van der Waals surface area contributed by atoms with Crippen molar-refractivity contribution in [2.75, 3.05) is 12.4 Å². The summed E-state index contributed by atoms with van der Waals surface area (Å²) in [6.07, 6.45) is 0. The third-order valence-electron chi connectivity index (χ3n) is 3.19. The van der Waals surface area contributed by atoms with E-state index in [1.165, 1.54) is 11.1 Å². The molecule has 0 spiro atoms. The molecular weight excluding hydrogens is 318 g/mol. The fraction of sp³-hybridized carbons (Fsp3) is 0.250. The molecule has 0 aliphatic carbocycles. The van der Waals surface area contributed by atoms with Crippen molar-refractivity contribution in [1.82, 2.24) is 0 Å². The number of methoxy groups -OCH3 is 1. The second-order valence-corrected chi connectivity index (χ2v) is 5.61. The van der Waals surface area contributed by atoms with Crippen LogP contribution in [0.5, 0.6) is 11.5 Å². The largest absolute Gasteiger partial charge is 0.504 e. The first-order valence-electron chi connectivity index (χ1n) is 6.38. The van der Waals surface area contributed by atoms with E-state index in [1.807, 2.05) is 12.1 Å². The molecule has 2 aromatic rings. The van der Waals surface area contributed by atoms with Crippen molar-refractivity contribution in [3.63, 3.8) is 0 Å². The first-order chi connectivity index (χ1) is 9.52. The average molecular weight is 336 g/mol. The molecule has 2 aromatic carbocycles. The van der Waals surface area contributed by atoms with Gasteiger partial charge in [0.2, 0.25) is 0 Å². The van der Waals surface area contributed by atoms with Crippen LogP contribution >= 0.6 is 15.9 Å². The molecule has 0 radical (unpaired) electrons. The quantitative estimate of drug-likeness (QED) is 0.870. The monoisotopic (exact) mass is 335 g/mol. The lowest BCUT2D eigenvalue weighted by Crippen LogP contribution is -2.03. The van der Waals surface area contributed by atoms with Gasteiger partial charge >= 0.3 is 0 Å². The van der Waals surface area contributed by atoms with Gasteiger partial charge in [-0.3, -0.25) is 0 Å². The second-order valence-electron chi connectivity index (χ2n) is 4.76. The second kappa shape index (κ2) is 6.18. The van der Waals surface area contributed by atoms with Crippen molar-refractivity contribution in [3.8, 4) is 11.5 Å². The Morgan fingerprint density at radius 1 is 1.25 bits per heavy atom. The lowest BCUT2D eigenvalue weighted by molar-refractivity contribution is 0.371. The summed E-state index contributed by atoms with van der Waals surface area (Å²) >= 11 is 3.57. The third kappa shape index (κ3) is 3.07. The molecule has 0 aliphatic heterocycles.